The van der Waals surface area contributed by atoms with Crippen molar-refractivity contribution in [3.63, 3.8) is 0 Å². The van der Waals surface area contributed by atoms with Crippen molar-refractivity contribution < 1.29 is 19.0 Å². The number of amides is 1. The van der Waals surface area contributed by atoms with Gasteiger partial charge in [0.1, 0.15) is 11.4 Å². The molecule has 0 saturated carbocycles. The van der Waals surface area contributed by atoms with E-state index in [1.807, 2.05) is 0 Å². The monoisotopic (exact) mass is 377 g/mol. The molecule has 22 heavy (non-hydrogen) atoms. The molecule has 1 rings (SSSR count). The summed E-state index contributed by atoms with van der Waals surface area (Å²) in [6.45, 7) is 5.39. The van der Waals surface area contributed by atoms with Gasteiger partial charge in [-0.1, -0.05) is 0 Å². The fourth-order valence-electron chi connectivity index (χ4n) is 1.59. The Hall–Kier alpha value is -1.54. The van der Waals surface area contributed by atoms with Crippen LogP contribution in [-0.2, 0) is 4.74 Å². The minimum Gasteiger partial charge on any atom is -0.444 e. The summed E-state index contributed by atoms with van der Waals surface area (Å²) in [6, 6.07) is 2.45. The molecule has 1 aromatic carbocycles. The number of anilines is 2. The van der Waals surface area contributed by atoms with Gasteiger partial charge in [-0.3, -0.25) is 0 Å². The third-order valence-corrected chi connectivity index (χ3v) is 3.11. The number of benzene rings is 1. The second-order valence-electron chi connectivity index (χ2n) is 5.77. The lowest BCUT2D eigenvalue weighted by Gasteiger charge is -2.21. The van der Waals surface area contributed by atoms with Gasteiger partial charge < -0.3 is 26.2 Å². The lowest BCUT2D eigenvalue weighted by atomic mass is 10.2. The van der Waals surface area contributed by atoms with E-state index in [2.05, 4.69) is 26.6 Å². The van der Waals surface area contributed by atoms with Crippen LogP contribution in [0.5, 0.6) is 0 Å². The van der Waals surface area contributed by atoms with Crippen LogP contribution in [0.15, 0.2) is 16.6 Å². The Labute approximate surface area is 137 Å². The van der Waals surface area contributed by atoms with Crippen LogP contribution in [0.25, 0.3) is 0 Å². The Morgan fingerprint density at radius 3 is 2.64 bits per heavy atom. The molecule has 0 aliphatic heterocycles. The molecule has 0 radical (unpaired) electrons. The van der Waals surface area contributed by atoms with Crippen LogP contribution in [0.1, 0.15) is 20.8 Å². The zero-order valence-corrected chi connectivity index (χ0v) is 14.3. The summed E-state index contributed by atoms with van der Waals surface area (Å²) in [4.78, 5) is 11.4. The Bertz CT molecular complexity index is 512. The molecule has 0 aromatic heterocycles. The van der Waals surface area contributed by atoms with Gasteiger partial charge in [-0.2, -0.15) is 0 Å². The van der Waals surface area contributed by atoms with E-state index >= 15 is 0 Å². The number of alkyl carbamates (subject to hydrolysis) is 1. The molecule has 0 saturated heterocycles. The molecule has 0 spiro atoms. The molecular formula is C14H21BrFN3O3. The quantitative estimate of drug-likeness (QED) is 0.591. The second kappa shape index (κ2) is 7.64. The predicted octanol–water partition coefficient (Wildman–Crippen LogP) is 2.47. The molecule has 0 heterocycles. The SMILES string of the molecule is CC(C)(C)OC(=O)NC[C@H](O)CNc1c(N)cc(F)cc1Br. The minimum absolute atomic E-state index is 0.0145. The average molecular weight is 378 g/mol. The smallest absolute Gasteiger partial charge is 0.407 e. The number of nitrogens with two attached hydrogens (primary N) is 1. The fourth-order valence-corrected chi connectivity index (χ4v) is 2.18. The van der Waals surface area contributed by atoms with Crippen LogP contribution < -0.4 is 16.4 Å². The maximum absolute atomic E-state index is 13.1. The summed E-state index contributed by atoms with van der Waals surface area (Å²) in [5, 5.41) is 15.2. The zero-order chi connectivity index (χ0) is 16.9. The van der Waals surface area contributed by atoms with Crippen LogP contribution in [0.4, 0.5) is 20.6 Å². The molecule has 0 unspecified atom stereocenters. The molecule has 8 heteroatoms. The van der Waals surface area contributed by atoms with Crippen LogP contribution in [0.3, 0.4) is 0 Å². The van der Waals surface area contributed by atoms with Gasteiger partial charge in [0.2, 0.25) is 0 Å². The molecule has 5 N–H and O–H groups in total. The Kier molecular flexibility index (Phi) is 6.43. The van der Waals surface area contributed by atoms with E-state index in [0.717, 1.165) is 0 Å². The molecule has 0 aliphatic rings. The van der Waals surface area contributed by atoms with Crippen molar-refractivity contribution >= 4 is 33.4 Å². The van der Waals surface area contributed by atoms with Crippen molar-refractivity contribution in [3.05, 3.63) is 22.4 Å². The van der Waals surface area contributed by atoms with Gasteiger partial charge in [-0.25, -0.2) is 9.18 Å². The van der Waals surface area contributed by atoms with Crippen LogP contribution in [0, 0.1) is 5.82 Å². The first-order valence-corrected chi connectivity index (χ1v) is 7.51. The standard InChI is InChI=1S/C14H21BrFN3O3/c1-14(2,3)22-13(21)19-7-9(20)6-18-12-10(15)4-8(16)5-11(12)17/h4-5,9,18,20H,6-7,17H2,1-3H3,(H,19,21)/t9-/m1/s1. The molecule has 124 valence electrons. The fraction of sp³-hybridized carbons (Fsp3) is 0.500. The largest absolute Gasteiger partial charge is 0.444 e. The third-order valence-electron chi connectivity index (χ3n) is 2.48. The maximum atomic E-state index is 13.1. The average Bonchev–Trinajstić information content (AvgIpc) is 2.32. The summed E-state index contributed by atoms with van der Waals surface area (Å²) in [5.41, 5.74) is 5.81. The highest BCUT2D eigenvalue weighted by Crippen LogP contribution is 2.29. The molecular weight excluding hydrogens is 357 g/mol. The number of ether oxygens (including phenoxy) is 1. The number of carbonyl (C=O) groups is 1. The van der Waals surface area contributed by atoms with Crippen molar-refractivity contribution in [2.45, 2.75) is 32.5 Å². The van der Waals surface area contributed by atoms with Crippen LogP contribution >= 0.6 is 15.9 Å². The van der Waals surface area contributed by atoms with Gasteiger partial charge in [0.15, 0.2) is 0 Å². The van der Waals surface area contributed by atoms with E-state index in [1.54, 1.807) is 20.8 Å². The number of aliphatic hydroxyl groups is 1. The molecule has 1 amide bonds. The number of rotatable bonds is 5. The highest BCUT2D eigenvalue weighted by molar-refractivity contribution is 9.10. The van der Waals surface area contributed by atoms with Crippen LogP contribution in [0.2, 0.25) is 0 Å². The number of hydrogen-bond donors (Lipinski definition) is 4. The van der Waals surface area contributed by atoms with Crippen LogP contribution in [-0.4, -0.2) is 36.0 Å². The normalized spacial score (nSPS) is 12.6. The van der Waals surface area contributed by atoms with Gasteiger partial charge in [-0.05, 0) is 48.8 Å². The lowest BCUT2D eigenvalue weighted by molar-refractivity contribution is 0.0496. The van der Waals surface area contributed by atoms with E-state index in [4.69, 9.17) is 10.5 Å². The van der Waals surface area contributed by atoms with Gasteiger partial charge in [-0.15, -0.1) is 0 Å². The molecule has 0 aliphatic carbocycles. The molecule has 0 fully saturated rings. The molecule has 6 nitrogen and oxygen atoms in total. The number of halogens is 2. The predicted molar refractivity (Wildman–Crippen MR) is 87.2 cm³/mol. The van der Waals surface area contributed by atoms with Gasteiger partial charge in [0.05, 0.1) is 17.5 Å². The summed E-state index contributed by atoms with van der Waals surface area (Å²) in [7, 11) is 0. The lowest BCUT2D eigenvalue weighted by Crippen LogP contribution is -2.39. The van der Waals surface area contributed by atoms with E-state index in [9.17, 15) is 14.3 Å². The second-order valence-corrected chi connectivity index (χ2v) is 6.62. The van der Waals surface area contributed by atoms with Crippen molar-refractivity contribution in [2.24, 2.45) is 0 Å². The van der Waals surface area contributed by atoms with Crippen molar-refractivity contribution in [1.29, 1.82) is 0 Å². The summed E-state index contributed by atoms with van der Waals surface area (Å²) in [6.07, 6.45) is -1.46. The van der Waals surface area contributed by atoms with Gasteiger partial charge in [0, 0.05) is 17.6 Å². The summed E-state index contributed by atoms with van der Waals surface area (Å²) < 4.78 is 18.6. The number of aliphatic hydroxyl groups excluding tert-OH is 1. The van der Waals surface area contributed by atoms with E-state index in [0.29, 0.717) is 10.2 Å². The van der Waals surface area contributed by atoms with Crippen molar-refractivity contribution in [3.8, 4) is 0 Å². The Balaban J connectivity index is 2.44. The Morgan fingerprint density at radius 2 is 2.09 bits per heavy atom. The maximum Gasteiger partial charge on any atom is 0.407 e. The first-order valence-electron chi connectivity index (χ1n) is 6.72. The highest BCUT2D eigenvalue weighted by atomic mass is 79.9. The number of carbonyl (C=O) groups excluding carboxylic acids is 1. The zero-order valence-electron chi connectivity index (χ0n) is 12.7. The van der Waals surface area contributed by atoms with Crippen molar-refractivity contribution in [1.82, 2.24) is 5.32 Å². The first kappa shape index (κ1) is 18.5. The summed E-state index contributed by atoms with van der Waals surface area (Å²) in [5.74, 6) is -0.456. The molecule has 1 atom stereocenters. The highest BCUT2D eigenvalue weighted by Gasteiger charge is 2.17. The third kappa shape index (κ3) is 6.48. The van der Waals surface area contributed by atoms with E-state index in [1.165, 1.54) is 12.1 Å². The van der Waals surface area contributed by atoms with Gasteiger partial charge in [0.25, 0.3) is 0 Å². The van der Waals surface area contributed by atoms with Gasteiger partial charge >= 0.3 is 6.09 Å². The summed E-state index contributed by atoms with van der Waals surface area (Å²) >= 11 is 3.19. The Morgan fingerprint density at radius 1 is 1.45 bits per heavy atom. The molecule has 0 bridgehead atoms. The minimum atomic E-state index is -0.858. The number of nitrogen functional groups attached to an aromatic ring is 1. The number of hydrogen-bond acceptors (Lipinski definition) is 5. The topological polar surface area (TPSA) is 96.6 Å². The van der Waals surface area contributed by atoms with Crippen molar-refractivity contribution in [2.75, 3.05) is 24.1 Å². The molecule has 1 aromatic rings. The number of nitrogens with one attached hydrogen (secondary N) is 2. The first-order chi connectivity index (χ1) is 10.1. The van der Waals surface area contributed by atoms with E-state index in [-0.39, 0.29) is 18.8 Å². The van der Waals surface area contributed by atoms with E-state index < -0.39 is 23.6 Å².